The van der Waals surface area contributed by atoms with Gasteiger partial charge >= 0.3 is 6.09 Å². The summed E-state index contributed by atoms with van der Waals surface area (Å²) in [6.45, 7) is 12.4. The summed E-state index contributed by atoms with van der Waals surface area (Å²) >= 11 is 0. The molecule has 34 heavy (non-hydrogen) atoms. The van der Waals surface area contributed by atoms with Gasteiger partial charge in [-0.05, 0) is 66.9 Å². The number of alkyl carbamates (subject to hydrolysis) is 1. The van der Waals surface area contributed by atoms with E-state index in [1.165, 1.54) is 11.1 Å². The van der Waals surface area contributed by atoms with Crippen LogP contribution in [0.2, 0.25) is 0 Å². The van der Waals surface area contributed by atoms with Crippen molar-refractivity contribution < 1.29 is 14.3 Å². The first-order chi connectivity index (χ1) is 16.3. The number of benzene rings is 2. The van der Waals surface area contributed by atoms with Crippen LogP contribution in [0.4, 0.5) is 4.79 Å². The molecule has 0 aliphatic carbocycles. The Morgan fingerprint density at radius 3 is 2.47 bits per heavy atom. The summed E-state index contributed by atoms with van der Waals surface area (Å²) < 4.78 is 12.1. The molecule has 2 aromatic carbocycles. The van der Waals surface area contributed by atoms with Crippen LogP contribution in [0.1, 0.15) is 57.7 Å². The molecule has 2 atom stereocenters. The predicted octanol–water partition coefficient (Wildman–Crippen LogP) is 5.83. The maximum absolute atomic E-state index is 13.0. The van der Waals surface area contributed by atoms with Crippen LogP contribution in [0.5, 0.6) is 5.75 Å². The molecule has 0 spiro atoms. The van der Waals surface area contributed by atoms with Gasteiger partial charge in [0.15, 0.2) is 0 Å². The third-order valence-electron chi connectivity index (χ3n) is 7.75. The number of rotatable bonds is 5. The largest absolute Gasteiger partial charge is 0.493 e. The number of nitrogens with zero attached hydrogens (tertiary/aromatic N) is 1. The first kappa shape index (κ1) is 23.2. The Hall–Kier alpha value is -2.53. The fourth-order valence-corrected chi connectivity index (χ4v) is 5.76. The summed E-state index contributed by atoms with van der Waals surface area (Å²) in [5.74, 6) is 1.99. The lowest BCUT2D eigenvalue weighted by Gasteiger charge is -2.44. The van der Waals surface area contributed by atoms with Gasteiger partial charge in [0.05, 0.1) is 12.6 Å². The molecule has 3 fully saturated rings. The average molecular weight is 463 g/mol. The molecule has 2 aromatic rings. The van der Waals surface area contributed by atoms with Gasteiger partial charge in [0.1, 0.15) is 11.9 Å². The Morgan fingerprint density at radius 1 is 1.12 bits per heavy atom. The van der Waals surface area contributed by atoms with Gasteiger partial charge in [0.2, 0.25) is 0 Å². The number of ether oxygens (including phenoxy) is 2. The smallest absolute Gasteiger partial charge is 0.407 e. The van der Waals surface area contributed by atoms with Crippen LogP contribution in [0.3, 0.4) is 0 Å². The molecule has 0 radical (unpaired) electrons. The Bertz CT molecular complexity index is 1020. The molecule has 1 unspecified atom stereocenters. The topological polar surface area (TPSA) is 50.8 Å². The van der Waals surface area contributed by atoms with Crippen LogP contribution >= 0.6 is 0 Å². The number of hydrogen-bond donors (Lipinski definition) is 1. The number of carbonyl (C=O) groups is 1. The fourth-order valence-electron chi connectivity index (χ4n) is 5.76. The summed E-state index contributed by atoms with van der Waals surface area (Å²) in [4.78, 5) is 15.4. The van der Waals surface area contributed by atoms with Crippen molar-refractivity contribution in [2.24, 2.45) is 17.3 Å². The summed E-state index contributed by atoms with van der Waals surface area (Å²) in [6, 6.07) is 15.0. The van der Waals surface area contributed by atoms with E-state index in [4.69, 9.17) is 9.47 Å². The van der Waals surface area contributed by atoms with Crippen molar-refractivity contribution in [2.45, 2.75) is 59.1 Å². The van der Waals surface area contributed by atoms with Gasteiger partial charge in [-0.25, -0.2) is 4.79 Å². The molecule has 182 valence electrons. The van der Waals surface area contributed by atoms with Crippen molar-refractivity contribution in [2.75, 3.05) is 26.2 Å². The maximum Gasteiger partial charge on any atom is 0.407 e. The second-order valence-electron chi connectivity index (χ2n) is 11.5. The van der Waals surface area contributed by atoms with Crippen LogP contribution in [-0.2, 0) is 11.2 Å². The SMILES string of the molecule is CC(C)Cc1ccc(-c2ccc3c(c2)OCC(C)(C)C3NC(=O)O[C@H]2CN3CCC2CC3)cc1. The van der Waals surface area contributed by atoms with E-state index in [0.717, 1.165) is 55.8 Å². The fraction of sp³-hybridized carbons (Fsp3) is 0.552. The Labute approximate surface area is 203 Å². The Balaban J connectivity index is 1.32. The standard InChI is InChI=1S/C29H38N2O3/c1-19(2)15-20-5-7-21(8-6-20)23-9-10-24-25(16-23)33-18-29(3,4)27(24)30-28(32)34-26-17-31-13-11-22(26)12-14-31/h5-10,16,19,22,26-27H,11-15,17-18H2,1-4H3,(H,30,32)/t26-,27?/m0/s1. The lowest BCUT2D eigenvalue weighted by atomic mass is 9.78. The highest BCUT2D eigenvalue weighted by Gasteiger charge is 2.41. The summed E-state index contributed by atoms with van der Waals surface area (Å²) in [5, 5.41) is 3.20. The summed E-state index contributed by atoms with van der Waals surface area (Å²) in [7, 11) is 0. The van der Waals surface area contributed by atoms with Crippen molar-refractivity contribution in [3.8, 4) is 16.9 Å². The maximum atomic E-state index is 13.0. The highest BCUT2D eigenvalue weighted by atomic mass is 16.6. The minimum atomic E-state index is -0.311. The van der Waals surface area contributed by atoms with E-state index in [2.05, 4.69) is 80.4 Å². The van der Waals surface area contributed by atoms with Crippen molar-refractivity contribution in [1.82, 2.24) is 10.2 Å². The number of fused-ring (bicyclic) bond motifs is 4. The zero-order chi connectivity index (χ0) is 23.9. The van der Waals surface area contributed by atoms with E-state index in [1.54, 1.807) is 0 Å². The quantitative estimate of drug-likeness (QED) is 0.607. The van der Waals surface area contributed by atoms with Crippen LogP contribution in [0, 0.1) is 17.3 Å². The Morgan fingerprint density at radius 2 is 1.82 bits per heavy atom. The van der Waals surface area contributed by atoms with Crippen LogP contribution in [0.15, 0.2) is 42.5 Å². The number of carbonyl (C=O) groups excluding carboxylic acids is 1. The molecule has 5 nitrogen and oxygen atoms in total. The van der Waals surface area contributed by atoms with Crippen molar-refractivity contribution in [1.29, 1.82) is 0 Å². The van der Waals surface area contributed by atoms with Crippen LogP contribution in [0.25, 0.3) is 11.1 Å². The molecule has 0 saturated carbocycles. The number of amides is 1. The third-order valence-corrected chi connectivity index (χ3v) is 7.75. The van der Waals surface area contributed by atoms with Gasteiger partial charge in [-0.3, -0.25) is 4.90 Å². The molecule has 3 saturated heterocycles. The monoisotopic (exact) mass is 462 g/mol. The van der Waals surface area contributed by atoms with E-state index in [0.29, 0.717) is 18.4 Å². The van der Waals surface area contributed by atoms with Gasteiger partial charge in [-0.1, -0.05) is 64.1 Å². The highest BCUT2D eigenvalue weighted by molar-refractivity contribution is 5.70. The van der Waals surface area contributed by atoms with E-state index in [-0.39, 0.29) is 23.7 Å². The van der Waals surface area contributed by atoms with E-state index < -0.39 is 0 Å². The molecule has 1 N–H and O–H groups in total. The van der Waals surface area contributed by atoms with Gasteiger partial charge in [-0.15, -0.1) is 0 Å². The molecule has 4 aliphatic heterocycles. The van der Waals surface area contributed by atoms with Crippen molar-refractivity contribution in [3.63, 3.8) is 0 Å². The Kier molecular flexibility index (Phi) is 6.32. The molecule has 6 rings (SSSR count). The molecule has 2 bridgehead atoms. The molecular formula is C29H38N2O3. The zero-order valence-corrected chi connectivity index (χ0v) is 21.0. The van der Waals surface area contributed by atoms with Gasteiger partial charge in [0, 0.05) is 17.5 Å². The van der Waals surface area contributed by atoms with Crippen LogP contribution < -0.4 is 10.1 Å². The predicted molar refractivity (Wildman–Crippen MR) is 135 cm³/mol. The molecule has 0 aromatic heterocycles. The number of nitrogens with one attached hydrogen (secondary N) is 1. The first-order valence-electron chi connectivity index (χ1n) is 12.8. The summed E-state index contributed by atoms with van der Waals surface area (Å²) in [6.07, 6.45) is 3.04. The van der Waals surface area contributed by atoms with E-state index in [9.17, 15) is 4.79 Å². The lowest BCUT2D eigenvalue weighted by Crippen LogP contribution is -2.53. The van der Waals surface area contributed by atoms with Gasteiger partial charge < -0.3 is 14.8 Å². The zero-order valence-electron chi connectivity index (χ0n) is 21.0. The van der Waals surface area contributed by atoms with E-state index >= 15 is 0 Å². The van der Waals surface area contributed by atoms with Crippen molar-refractivity contribution >= 4 is 6.09 Å². The molecular weight excluding hydrogens is 424 g/mol. The minimum Gasteiger partial charge on any atom is -0.493 e. The minimum absolute atomic E-state index is 0.00552. The van der Waals surface area contributed by atoms with Crippen LogP contribution in [-0.4, -0.2) is 43.3 Å². The average Bonchev–Trinajstić information content (AvgIpc) is 2.82. The molecule has 4 aliphatic rings. The molecule has 1 amide bonds. The second-order valence-corrected chi connectivity index (χ2v) is 11.5. The third kappa shape index (κ3) is 4.81. The van der Waals surface area contributed by atoms with Crippen molar-refractivity contribution in [3.05, 3.63) is 53.6 Å². The highest BCUT2D eigenvalue weighted by Crippen LogP contribution is 2.44. The summed E-state index contributed by atoms with van der Waals surface area (Å²) in [5.41, 5.74) is 4.45. The van der Waals surface area contributed by atoms with E-state index in [1.807, 2.05) is 0 Å². The normalized spacial score (nSPS) is 27.1. The van der Waals surface area contributed by atoms with Gasteiger partial charge in [-0.2, -0.15) is 0 Å². The lowest BCUT2D eigenvalue weighted by molar-refractivity contribution is -0.0361. The molecule has 5 heteroatoms. The second kappa shape index (κ2) is 9.26. The van der Waals surface area contributed by atoms with Gasteiger partial charge in [0.25, 0.3) is 0 Å². The molecule has 4 heterocycles. The first-order valence-corrected chi connectivity index (χ1v) is 12.8. The number of piperidine rings is 3. The number of hydrogen-bond acceptors (Lipinski definition) is 4.